The van der Waals surface area contributed by atoms with Crippen LogP contribution in [0.1, 0.15) is 44.9 Å². The van der Waals surface area contributed by atoms with Crippen molar-refractivity contribution in [2.45, 2.75) is 55.9 Å². The highest BCUT2D eigenvalue weighted by Crippen LogP contribution is 2.23. The van der Waals surface area contributed by atoms with Crippen molar-refractivity contribution >= 4 is 10.0 Å². The lowest BCUT2D eigenvalue weighted by molar-refractivity contribution is 0.384. The molecule has 21 heavy (non-hydrogen) atoms. The summed E-state index contributed by atoms with van der Waals surface area (Å²) in [6.45, 7) is 0. The summed E-state index contributed by atoms with van der Waals surface area (Å²) < 4.78 is 45.7. The Hall–Kier alpha value is -1.14. The van der Waals surface area contributed by atoms with Crippen LogP contribution < -0.4 is 9.46 Å². The molecule has 1 aliphatic rings. The Balaban J connectivity index is 2.13. The van der Waals surface area contributed by atoms with Gasteiger partial charge in [0.15, 0.2) is 11.6 Å². The predicted octanol–water partition coefficient (Wildman–Crippen LogP) is 3.23. The summed E-state index contributed by atoms with van der Waals surface area (Å²) >= 11 is 0. The molecule has 0 aromatic heterocycles. The normalized spacial score (nSPS) is 18.0. The highest BCUT2D eigenvalue weighted by molar-refractivity contribution is 7.89. The Morgan fingerprint density at radius 2 is 1.76 bits per heavy atom. The van der Waals surface area contributed by atoms with Crippen LogP contribution in [0.2, 0.25) is 0 Å². The third-order valence-electron chi connectivity index (χ3n) is 3.86. The van der Waals surface area contributed by atoms with E-state index in [0.717, 1.165) is 44.6 Å². The Morgan fingerprint density at radius 1 is 1.14 bits per heavy atom. The molecule has 1 saturated carbocycles. The lowest BCUT2D eigenvalue weighted by atomic mass is 9.97. The van der Waals surface area contributed by atoms with Crippen LogP contribution in [0.25, 0.3) is 0 Å². The molecule has 2 rings (SSSR count). The number of methoxy groups -OCH3 is 1. The molecule has 1 aromatic carbocycles. The molecule has 0 unspecified atom stereocenters. The van der Waals surface area contributed by atoms with Crippen LogP contribution in [0.5, 0.6) is 5.75 Å². The first-order chi connectivity index (χ1) is 10.0. The summed E-state index contributed by atoms with van der Waals surface area (Å²) in [6, 6.07) is 3.57. The number of hydrogen-bond donors (Lipinski definition) is 1. The third kappa shape index (κ3) is 4.41. The zero-order valence-corrected chi connectivity index (χ0v) is 13.1. The number of rotatable bonds is 4. The first-order valence-electron chi connectivity index (χ1n) is 7.39. The topological polar surface area (TPSA) is 55.4 Å². The zero-order valence-electron chi connectivity index (χ0n) is 12.3. The summed E-state index contributed by atoms with van der Waals surface area (Å²) in [4.78, 5) is 0.0443. The lowest BCUT2D eigenvalue weighted by Gasteiger charge is -2.21. The highest BCUT2D eigenvalue weighted by atomic mass is 32.2. The fourth-order valence-corrected chi connectivity index (χ4v) is 3.99. The average Bonchev–Trinajstić information content (AvgIpc) is 2.42. The second-order valence-electron chi connectivity index (χ2n) is 5.46. The minimum atomic E-state index is -3.63. The SMILES string of the molecule is COc1cc(S(=O)(=O)NC2CCCCCCC2)ccc1F. The van der Waals surface area contributed by atoms with Gasteiger partial charge in [-0.15, -0.1) is 0 Å². The van der Waals surface area contributed by atoms with Crippen LogP contribution in [-0.4, -0.2) is 21.6 Å². The molecule has 0 saturated heterocycles. The Bertz CT molecular complexity index is 566. The monoisotopic (exact) mass is 315 g/mol. The van der Waals surface area contributed by atoms with Gasteiger partial charge in [0.2, 0.25) is 10.0 Å². The molecule has 118 valence electrons. The molecule has 0 aliphatic heterocycles. The van der Waals surface area contributed by atoms with Crippen LogP contribution in [0.15, 0.2) is 23.1 Å². The third-order valence-corrected chi connectivity index (χ3v) is 5.38. The van der Waals surface area contributed by atoms with Crippen LogP contribution in [-0.2, 0) is 10.0 Å². The van der Waals surface area contributed by atoms with Gasteiger partial charge in [0.25, 0.3) is 0 Å². The minimum absolute atomic E-state index is 0.0358. The molecule has 0 amide bonds. The highest BCUT2D eigenvalue weighted by Gasteiger charge is 2.21. The van der Waals surface area contributed by atoms with Gasteiger partial charge in [-0.3, -0.25) is 0 Å². The van der Waals surface area contributed by atoms with Gasteiger partial charge in [-0.25, -0.2) is 17.5 Å². The Labute approximate surface area is 125 Å². The van der Waals surface area contributed by atoms with Crippen LogP contribution in [0.3, 0.4) is 0 Å². The van der Waals surface area contributed by atoms with Crippen molar-refractivity contribution in [2.75, 3.05) is 7.11 Å². The minimum Gasteiger partial charge on any atom is -0.494 e. The lowest BCUT2D eigenvalue weighted by Crippen LogP contribution is -2.35. The van der Waals surface area contributed by atoms with E-state index in [9.17, 15) is 12.8 Å². The second kappa shape index (κ2) is 7.22. The standard InChI is InChI=1S/C15H22FNO3S/c1-20-15-11-13(9-10-14(15)16)21(18,19)17-12-7-5-3-2-4-6-8-12/h9-12,17H,2-8H2,1H3. The van der Waals surface area contributed by atoms with E-state index in [1.807, 2.05) is 0 Å². The molecule has 0 spiro atoms. The zero-order chi connectivity index (χ0) is 15.3. The quantitative estimate of drug-likeness (QED) is 0.928. The molecule has 1 aliphatic carbocycles. The largest absolute Gasteiger partial charge is 0.494 e. The van der Waals surface area contributed by atoms with E-state index >= 15 is 0 Å². The molecule has 0 radical (unpaired) electrons. The number of nitrogens with one attached hydrogen (secondary N) is 1. The van der Waals surface area contributed by atoms with Crippen molar-refractivity contribution in [1.82, 2.24) is 4.72 Å². The van der Waals surface area contributed by atoms with Crippen molar-refractivity contribution in [3.8, 4) is 5.75 Å². The molecule has 0 heterocycles. The first kappa shape index (κ1) is 16.2. The number of hydrogen-bond acceptors (Lipinski definition) is 3. The maximum Gasteiger partial charge on any atom is 0.240 e. The van der Waals surface area contributed by atoms with Gasteiger partial charge in [0, 0.05) is 12.1 Å². The molecule has 6 heteroatoms. The number of halogens is 1. The number of benzene rings is 1. The molecule has 0 bridgehead atoms. The van der Waals surface area contributed by atoms with Crippen molar-refractivity contribution < 1.29 is 17.5 Å². The van der Waals surface area contributed by atoms with Crippen molar-refractivity contribution in [3.05, 3.63) is 24.0 Å². The van der Waals surface area contributed by atoms with E-state index in [2.05, 4.69) is 4.72 Å². The van der Waals surface area contributed by atoms with Crippen LogP contribution in [0, 0.1) is 5.82 Å². The molecular formula is C15H22FNO3S. The van der Waals surface area contributed by atoms with Gasteiger partial charge >= 0.3 is 0 Å². The van der Waals surface area contributed by atoms with Gasteiger partial charge in [-0.1, -0.05) is 32.1 Å². The van der Waals surface area contributed by atoms with Crippen LogP contribution >= 0.6 is 0 Å². The van der Waals surface area contributed by atoms with E-state index in [-0.39, 0.29) is 16.7 Å². The Kier molecular flexibility index (Phi) is 5.58. The van der Waals surface area contributed by atoms with Crippen molar-refractivity contribution in [2.24, 2.45) is 0 Å². The van der Waals surface area contributed by atoms with Gasteiger partial charge in [0.1, 0.15) is 0 Å². The molecular weight excluding hydrogens is 293 g/mol. The summed E-state index contributed by atoms with van der Waals surface area (Å²) in [5.74, 6) is -0.627. The van der Waals surface area contributed by atoms with E-state index in [1.54, 1.807) is 0 Å². The van der Waals surface area contributed by atoms with Gasteiger partial charge in [-0.05, 0) is 25.0 Å². The summed E-state index contributed by atoms with van der Waals surface area (Å²) in [5, 5.41) is 0. The van der Waals surface area contributed by atoms with Crippen LogP contribution in [0.4, 0.5) is 4.39 Å². The fraction of sp³-hybridized carbons (Fsp3) is 0.600. The maximum absolute atomic E-state index is 13.4. The molecule has 1 aromatic rings. The Morgan fingerprint density at radius 3 is 2.38 bits per heavy atom. The molecule has 0 atom stereocenters. The summed E-state index contributed by atoms with van der Waals surface area (Å²) in [6.07, 6.45) is 7.34. The van der Waals surface area contributed by atoms with E-state index in [1.165, 1.54) is 25.7 Å². The maximum atomic E-state index is 13.4. The molecule has 1 fully saturated rings. The summed E-state index contributed by atoms with van der Waals surface area (Å²) in [7, 11) is -2.32. The van der Waals surface area contributed by atoms with Crippen molar-refractivity contribution in [3.63, 3.8) is 0 Å². The van der Waals surface area contributed by atoms with E-state index < -0.39 is 15.8 Å². The van der Waals surface area contributed by atoms with Gasteiger partial charge in [0.05, 0.1) is 12.0 Å². The smallest absolute Gasteiger partial charge is 0.240 e. The van der Waals surface area contributed by atoms with E-state index in [4.69, 9.17) is 4.74 Å². The second-order valence-corrected chi connectivity index (χ2v) is 7.17. The molecule has 1 N–H and O–H groups in total. The summed E-state index contributed by atoms with van der Waals surface area (Å²) in [5.41, 5.74) is 0. The predicted molar refractivity (Wildman–Crippen MR) is 79.4 cm³/mol. The van der Waals surface area contributed by atoms with Crippen molar-refractivity contribution in [1.29, 1.82) is 0 Å². The van der Waals surface area contributed by atoms with E-state index in [0.29, 0.717) is 0 Å². The molecule has 4 nitrogen and oxygen atoms in total. The van der Waals surface area contributed by atoms with Gasteiger partial charge < -0.3 is 4.74 Å². The fourth-order valence-electron chi connectivity index (χ4n) is 2.67. The first-order valence-corrected chi connectivity index (χ1v) is 8.87. The average molecular weight is 315 g/mol. The number of sulfonamides is 1. The van der Waals surface area contributed by atoms with Gasteiger partial charge in [-0.2, -0.15) is 0 Å². The number of ether oxygens (including phenoxy) is 1.